The molecule has 0 bridgehead atoms. The molecule has 8 nitrogen and oxygen atoms in total. The lowest BCUT2D eigenvalue weighted by Crippen LogP contribution is -2.50. The van der Waals surface area contributed by atoms with Crippen molar-refractivity contribution in [2.45, 2.75) is 38.2 Å². The molecule has 1 spiro atoms. The van der Waals surface area contributed by atoms with E-state index in [-0.39, 0.29) is 18.7 Å². The molecule has 0 unspecified atom stereocenters. The zero-order valence-electron chi connectivity index (χ0n) is 16.2. The number of anilines is 1. The Hall–Kier alpha value is -3.17. The van der Waals surface area contributed by atoms with Crippen LogP contribution in [-0.2, 0) is 17.8 Å². The number of carbonyl (C=O) groups excluding carboxylic acids is 1. The lowest BCUT2D eigenvalue weighted by atomic mass is 9.89. The van der Waals surface area contributed by atoms with Gasteiger partial charge in [-0.1, -0.05) is 0 Å². The lowest BCUT2D eigenvalue weighted by molar-refractivity contribution is -0.119. The van der Waals surface area contributed by atoms with Gasteiger partial charge in [0.05, 0.1) is 6.54 Å². The average Bonchev–Trinajstić information content (AvgIpc) is 3.35. The van der Waals surface area contributed by atoms with E-state index in [1.54, 1.807) is 22.8 Å². The molecule has 3 aromatic heterocycles. The molecule has 1 saturated heterocycles. The monoisotopic (exact) mass is 414 g/mol. The van der Waals surface area contributed by atoms with Gasteiger partial charge in [0.25, 0.3) is 11.5 Å². The summed E-state index contributed by atoms with van der Waals surface area (Å²) >= 11 is 0. The third kappa shape index (κ3) is 3.25. The van der Waals surface area contributed by atoms with Crippen LogP contribution in [0.1, 0.15) is 24.8 Å². The number of pyridine rings is 1. The van der Waals surface area contributed by atoms with Crippen LogP contribution >= 0.6 is 0 Å². The number of hydrogen-bond donors (Lipinski definition) is 0. The van der Waals surface area contributed by atoms with Crippen molar-refractivity contribution in [3.63, 3.8) is 0 Å². The molecule has 0 N–H and O–H groups in total. The minimum Gasteiger partial charge on any atom is -0.349 e. The normalized spacial score (nSPS) is 19.3. The van der Waals surface area contributed by atoms with Crippen LogP contribution in [0.3, 0.4) is 0 Å². The maximum Gasteiger partial charge on any atom is 0.270 e. The topological polar surface area (TPSA) is 85.4 Å². The Balaban J connectivity index is 1.31. The van der Waals surface area contributed by atoms with Gasteiger partial charge >= 0.3 is 0 Å². The number of carbonyl (C=O) groups is 1. The fourth-order valence-electron chi connectivity index (χ4n) is 4.12. The zero-order valence-corrected chi connectivity index (χ0v) is 16.2. The van der Waals surface area contributed by atoms with Crippen LogP contribution in [0.5, 0.6) is 0 Å². The summed E-state index contributed by atoms with van der Waals surface area (Å²) in [6, 6.07) is 6.23. The van der Waals surface area contributed by atoms with Crippen LogP contribution in [0.25, 0.3) is 5.65 Å². The van der Waals surface area contributed by atoms with Gasteiger partial charge < -0.3 is 4.90 Å². The van der Waals surface area contributed by atoms with E-state index in [0.29, 0.717) is 37.3 Å². The van der Waals surface area contributed by atoms with Crippen LogP contribution in [0.15, 0.2) is 41.6 Å². The van der Waals surface area contributed by atoms with E-state index in [0.717, 1.165) is 10.2 Å². The highest BCUT2D eigenvalue weighted by Crippen LogP contribution is 2.61. The summed E-state index contributed by atoms with van der Waals surface area (Å²) in [5, 5.41) is 8.21. The number of hydrogen-bond acceptors (Lipinski definition) is 6. The minimum absolute atomic E-state index is 0.103. The molecule has 5 rings (SSSR count). The molecule has 1 saturated carbocycles. The maximum absolute atomic E-state index is 14.5. The highest BCUT2D eigenvalue weighted by molar-refractivity contribution is 5.80. The number of alkyl halides is 2. The number of aromatic nitrogens is 5. The largest absolute Gasteiger partial charge is 0.349 e. The van der Waals surface area contributed by atoms with Gasteiger partial charge in [0, 0.05) is 30.6 Å². The van der Waals surface area contributed by atoms with Crippen molar-refractivity contribution < 1.29 is 13.6 Å². The van der Waals surface area contributed by atoms with Crippen molar-refractivity contribution >= 4 is 17.2 Å². The molecule has 0 radical (unpaired) electrons. The first-order valence-corrected chi connectivity index (χ1v) is 9.86. The summed E-state index contributed by atoms with van der Waals surface area (Å²) in [4.78, 5) is 30.3. The van der Waals surface area contributed by atoms with Gasteiger partial charge in [-0.05, 0) is 43.0 Å². The first-order chi connectivity index (χ1) is 14.4. The van der Waals surface area contributed by atoms with E-state index in [9.17, 15) is 18.4 Å². The second-order valence-electron chi connectivity index (χ2n) is 8.16. The Bertz CT molecular complexity index is 1180. The lowest BCUT2D eigenvalue weighted by Gasteiger charge is -2.39. The van der Waals surface area contributed by atoms with E-state index in [1.807, 2.05) is 0 Å². The van der Waals surface area contributed by atoms with E-state index in [2.05, 4.69) is 15.2 Å². The minimum atomic E-state index is -2.77. The summed E-state index contributed by atoms with van der Waals surface area (Å²) in [5.74, 6) is -2.70. The Labute approximate surface area is 170 Å². The standard InChI is InChI=1S/C20H20F2N6O2/c21-20(22)12-26(8-6-19(20)4-5-19)16-1-2-18(30)28(25-16)11-15(29)9-14-3-7-27-17(10-14)23-13-24-27/h1-3,7,10,13H,4-6,8-9,11-12H2. The molecule has 0 atom stereocenters. The van der Waals surface area contributed by atoms with E-state index < -0.39 is 23.4 Å². The second-order valence-corrected chi connectivity index (χ2v) is 8.16. The van der Waals surface area contributed by atoms with Crippen molar-refractivity contribution in [3.8, 4) is 0 Å². The molecular formula is C20H20F2N6O2. The van der Waals surface area contributed by atoms with E-state index in [4.69, 9.17) is 0 Å². The number of fused-ring (bicyclic) bond motifs is 1. The number of rotatable bonds is 5. The smallest absolute Gasteiger partial charge is 0.270 e. The molecule has 0 aromatic carbocycles. The van der Waals surface area contributed by atoms with Crippen LogP contribution in [0.4, 0.5) is 14.6 Å². The molecule has 3 aromatic rings. The van der Waals surface area contributed by atoms with Crippen LogP contribution in [0.2, 0.25) is 0 Å². The second kappa shape index (κ2) is 6.68. The van der Waals surface area contributed by atoms with Crippen molar-refractivity contribution in [2.75, 3.05) is 18.0 Å². The van der Waals surface area contributed by atoms with Gasteiger partial charge in [-0.3, -0.25) is 9.59 Å². The molecule has 1 aliphatic heterocycles. The maximum atomic E-state index is 14.5. The number of Topliss-reactive ketones (excluding diaryl/α,β-unsaturated/α-hetero) is 1. The van der Waals surface area contributed by atoms with Gasteiger partial charge in [-0.25, -0.2) is 23.0 Å². The Morgan fingerprint density at radius 2 is 2.00 bits per heavy atom. The van der Waals surface area contributed by atoms with Gasteiger partial charge in [0.1, 0.15) is 18.7 Å². The van der Waals surface area contributed by atoms with Crippen molar-refractivity contribution in [3.05, 3.63) is 52.7 Å². The molecule has 156 valence electrons. The molecule has 2 aliphatic rings. The van der Waals surface area contributed by atoms with Crippen LogP contribution in [0, 0.1) is 5.41 Å². The highest BCUT2D eigenvalue weighted by Gasteiger charge is 2.63. The predicted octanol–water partition coefficient (Wildman–Crippen LogP) is 1.72. The number of halogens is 2. The predicted molar refractivity (Wildman–Crippen MR) is 104 cm³/mol. The van der Waals surface area contributed by atoms with Crippen molar-refractivity contribution in [1.29, 1.82) is 0 Å². The molecule has 10 heteroatoms. The van der Waals surface area contributed by atoms with Gasteiger partial charge in [-0.15, -0.1) is 0 Å². The van der Waals surface area contributed by atoms with Gasteiger partial charge in [-0.2, -0.15) is 10.2 Å². The van der Waals surface area contributed by atoms with E-state index in [1.165, 1.54) is 23.4 Å². The van der Waals surface area contributed by atoms with Crippen LogP contribution < -0.4 is 10.5 Å². The summed E-state index contributed by atoms with van der Waals surface area (Å²) in [5.41, 5.74) is 0.0777. The molecule has 4 heterocycles. The fourth-order valence-corrected chi connectivity index (χ4v) is 4.12. The van der Waals surface area contributed by atoms with Gasteiger partial charge in [0.15, 0.2) is 11.4 Å². The first kappa shape index (κ1) is 18.8. The molecule has 0 amide bonds. The summed E-state index contributed by atoms with van der Waals surface area (Å²) in [7, 11) is 0. The fraction of sp³-hybridized carbons (Fsp3) is 0.450. The van der Waals surface area contributed by atoms with Gasteiger partial charge in [0.2, 0.25) is 0 Å². The summed E-state index contributed by atoms with van der Waals surface area (Å²) < 4.78 is 31.6. The zero-order chi connectivity index (χ0) is 20.9. The first-order valence-electron chi connectivity index (χ1n) is 9.86. The summed E-state index contributed by atoms with van der Waals surface area (Å²) in [6.45, 7) is -0.170. The average molecular weight is 414 g/mol. The van der Waals surface area contributed by atoms with E-state index >= 15 is 0 Å². The molecule has 2 fully saturated rings. The summed E-state index contributed by atoms with van der Waals surface area (Å²) in [6.07, 6.45) is 4.77. The Morgan fingerprint density at radius 1 is 1.17 bits per heavy atom. The number of piperidine rings is 1. The third-order valence-electron chi connectivity index (χ3n) is 6.13. The SMILES string of the molecule is O=C(Cc1ccn2ncnc2c1)Cn1nc(N2CCC3(CC3)C(F)(F)C2)ccc1=O. The molecular weight excluding hydrogens is 394 g/mol. The van der Waals surface area contributed by atoms with Crippen LogP contribution in [-0.4, -0.2) is 49.2 Å². The molecule has 30 heavy (non-hydrogen) atoms. The number of ketones is 1. The third-order valence-corrected chi connectivity index (χ3v) is 6.13. The highest BCUT2D eigenvalue weighted by atomic mass is 19.3. The van der Waals surface area contributed by atoms with Crippen molar-refractivity contribution in [1.82, 2.24) is 24.4 Å². The quantitative estimate of drug-likeness (QED) is 0.632. The molecule has 1 aliphatic carbocycles. The Morgan fingerprint density at radius 3 is 2.77 bits per heavy atom. The number of nitrogens with zero attached hydrogens (tertiary/aromatic N) is 6. The van der Waals surface area contributed by atoms with Crippen molar-refractivity contribution in [2.24, 2.45) is 5.41 Å². The Kier molecular flexibility index (Phi) is 4.19.